The predicted molar refractivity (Wildman–Crippen MR) is 119 cm³/mol. The predicted octanol–water partition coefficient (Wildman–Crippen LogP) is 3.42. The molecule has 1 aliphatic rings. The van der Waals surface area contributed by atoms with E-state index in [0.29, 0.717) is 17.1 Å². The fourth-order valence-corrected chi connectivity index (χ4v) is 2.83. The number of fused-ring (bicyclic) bond motifs is 2. The number of aliphatic imine (C=N–C) groups is 2. The van der Waals surface area contributed by atoms with Gasteiger partial charge in [-0.2, -0.15) is 0 Å². The molecule has 0 radical (unpaired) electrons. The minimum Gasteiger partial charge on any atom is -0.490 e. The van der Waals surface area contributed by atoms with Crippen LogP contribution in [-0.4, -0.2) is 40.8 Å². The average Bonchev–Trinajstić information content (AvgIpc) is 2.79. The number of carbonyl (C=O) groups excluding carboxylic acids is 2. The maximum absolute atomic E-state index is 12.0. The van der Waals surface area contributed by atoms with Crippen LogP contribution in [0.3, 0.4) is 0 Å². The van der Waals surface area contributed by atoms with Gasteiger partial charge in [0.15, 0.2) is 0 Å². The van der Waals surface area contributed by atoms with Crippen molar-refractivity contribution in [3.05, 3.63) is 78.7 Å². The number of allylic oxidation sites excluding steroid dienone is 1. The number of anilines is 2. The van der Waals surface area contributed by atoms with E-state index in [2.05, 4.69) is 25.3 Å². The molecule has 3 aromatic rings. The number of ether oxygens (including phenoxy) is 1. The van der Waals surface area contributed by atoms with Crippen molar-refractivity contribution in [3.63, 3.8) is 0 Å². The molecule has 0 unspecified atom stereocenters. The van der Waals surface area contributed by atoms with E-state index in [1.807, 2.05) is 36.4 Å². The van der Waals surface area contributed by atoms with Crippen molar-refractivity contribution < 1.29 is 14.3 Å². The van der Waals surface area contributed by atoms with E-state index in [1.165, 1.54) is 37.0 Å². The minimum atomic E-state index is -0.479. The number of para-hydroxylation sites is 1. The van der Waals surface area contributed by atoms with Crippen LogP contribution >= 0.6 is 0 Å². The third-order valence-electron chi connectivity index (χ3n) is 4.28. The van der Waals surface area contributed by atoms with Crippen molar-refractivity contribution in [2.24, 2.45) is 9.98 Å². The molecule has 152 valence electrons. The quantitative estimate of drug-likeness (QED) is 0.608. The summed E-state index contributed by atoms with van der Waals surface area (Å²) in [5.41, 5.74) is 2.17. The number of aromatic nitrogens is 2. The zero-order valence-corrected chi connectivity index (χ0v) is 16.3. The third-order valence-corrected chi connectivity index (χ3v) is 4.28. The van der Waals surface area contributed by atoms with Crippen LogP contribution in [-0.2, 0) is 9.59 Å². The molecule has 2 aromatic carbocycles. The van der Waals surface area contributed by atoms with Gasteiger partial charge in [-0.25, -0.2) is 20.0 Å². The molecule has 0 saturated carbocycles. The molecule has 1 aliphatic heterocycles. The standard InChI is InChI=1S/C23H17N5O3/c29-21-8-4-12-31-17-9-10-20-18(13-17)23(27-15-26-20)28-19-6-2-1-5-16(19)14-25-22(30)7-3-11-24-21/h1-11,13-15H,12H2,(H,26,27,28)/b7-3-,8-4-,24-11?,25-14?. The molecule has 8 heteroatoms. The highest BCUT2D eigenvalue weighted by molar-refractivity contribution is 6.03. The summed E-state index contributed by atoms with van der Waals surface area (Å²) in [7, 11) is 0. The number of hydrogen-bond acceptors (Lipinski definition) is 6. The second kappa shape index (κ2) is 9.36. The third kappa shape index (κ3) is 5.13. The Morgan fingerprint density at radius 2 is 1.81 bits per heavy atom. The highest BCUT2D eigenvalue weighted by atomic mass is 16.5. The van der Waals surface area contributed by atoms with Crippen molar-refractivity contribution in [2.45, 2.75) is 0 Å². The molecule has 0 spiro atoms. The van der Waals surface area contributed by atoms with Gasteiger partial charge in [0.1, 0.15) is 24.5 Å². The summed E-state index contributed by atoms with van der Waals surface area (Å²) in [6, 6.07) is 12.9. The van der Waals surface area contributed by atoms with Crippen LogP contribution in [0.2, 0.25) is 0 Å². The van der Waals surface area contributed by atoms with Crippen LogP contribution in [0.4, 0.5) is 11.5 Å². The maximum atomic E-state index is 12.0. The van der Waals surface area contributed by atoms with Crippen LogP contribution in [0.25, 0.3) is 10.9 Å². The molecule has 1 N–H and O–H groups in total. The number of carbonyl (C=O) groups is 2. The number of nitrogens with one attached hydrogen (secondary N) is 1. The fraction of sp³-hybridized carbons (Fsp3) is 0.0435. The van der Waals surface area contributed by atoms with Gasteiger partial charge in [-0.15, -0.1) is 0 Å². The Morgan fingerprint density at radius 3 is 2.74 bits per heavy atom. The van der Waals surface area contributed by atoms with Crippen molar-refractivity contribution in [1.29, 1.82) is 0 Å². The van der Waals surface area contributed by atoms with Gasteiger partial charge in [0.05, 0.1) is 5.52 Å². The van der Waals surface area contributed by atoms with E-state index < -0.39 is 11.8 Å². The van der Waals surface area contributed by atoms with E-state index in [9.17, 15) is 9.59 Å². The SMILES string of the molecule is O=C1/C=C\C=NC(=O)/C=C\COc2ccc3ncnc(c3c2)Nc2ccccc2C=N1. The number of rotatable bonds is 0. The van der Waals surface area contributed by atoms with Crippen molar-refractivity contribution >= 4 is 46.7 Å². The summed E-state index contributed by atoms with van der Waals surface area (Å²) in [4.78, 5) is 40.0. The van der Waals surface area contributed by atoms with E-state index >= 15 is 0 Å². The Kier molecular flexibility index (Phi) is 5.99. The van der Waals surface area contributed by atoms with E-state index in [-0.39, 0.29) is 6.61 Å². The molecule has 8 nitrogen and oxygen atoms in total. The van der Waals surface area contributed by atoms with Gasteiger partial charge in [0, 0.05) is 41.2 Å². The molecule has 31 heavy (non-hydrogen) atoms. The van der Waals surface area contributed by atoms with Crippen LogP contribution in [0.5, 0.6) is 5.75 Å². The van der Waals surface area contributed by atoms with E-state index in [0.717, 1.165) is 16.6 Å². The summed E-state index contributed by atoms with van der Waals surface area (Å²) in [6.07, 6.45) is 9.63. The van der Waals surface area contributed by atoms with Crippen LogP contribution in [0.1, 0.15) is 5.56 Å². The molecule has 0 saturated heterocycles. The smallest absolute Gasteiger partial charge is 0.269 e. The van der Waals surface area contributed by atoms with Gasteiger partial charge in [-0.05, 0) is 36.4 Å². The lowest BCUT2D eigenvalue weighted by Gasteiger charge is -2.11. The van der Waals surface area contributed by atoms with Gasteiger partial charge in [-0.1, -0.05) is 18.2 Å². The van der Waals surface area contributed by atoms with Crippen molar-refractivity contribution in [2.75, 3.05) is 11.9 Å². The molecule has 2 amide bonds. The van der Waals surface area contributed by atoms with Crippen molar-refractivity contribution in [1.82, 2.24) is 9.97 Å². The summed E-state index contributed by atoms with van der Waals surface area (Å²) in [6.45, 7) is 0.189. The molecule has 0 atom stereocenters. The Balaban J connectivity index is 1.76. The summed E-state index contributed by atoms with van der Waals surface area (Å²) in [5, 5.41) is 4.04. The minimum absolute atomic E-state index is 0.189. The van der Waals surface area contributed by atoms with Gasteiger partial charge >= 0.3 is 0 Å². The lowest BCUT2D eigenvalue weighted by Crippen LogP contribution is -2.00. The second-order valence-electron chi connectivity index (χ2n) is 6.40. The summed E-state index contributed by atoms with van der Waals surface area (Å²) in [5.74, 6) is 0.244. The molecular weight excluding hydrogens is 394 g/mol. The van der Waals surface area contributed by atoms with Crippen LogP contribution < -0.4 is 10.1 Å². The first kappa shape index (κ1) is 19.8. The Morgan fingerprint density at radius 1 is 0.935 bits per heavy atom. The molecule has 2 bridgehead atoms. The topological polar surface area (TPSA) is 106 Å². The zero-order valence-electron chi connectivity index (χ0n) is 16.3. The normalized spacial score (nSPS) is 16.5. The van der Waals surface area contributed by atoms with Gasteiger partial charge < -0.3 is 10.1 Å². The molecule has 1 aromatic heterocycles. The Bertz CT molecular complexity index is 1260. The van der Waals surface area contributed by atoms with E-state index in [4.69, 9.17) is 4.74 Å². The summed E-state index contributed by atoms with van der Waals surface area (Å²) >= 11 is 0. The lowest BCUT2D eigenvalue weighted by molar-refractivity contribution is -0.114. The average molecular weight is 411 g/mol. The van der Waals surface area contributed by atoms with E-state index in [1.54, 1.807) is 12.1 Å². The fourth-order valence-electron chi connectivity index (χ4n) is 2.83. The highest BCUT2D eigenvalue weighted by Crippen LogP contribution is 2.27. The number of benzene rings is 2. The molecule has 0 aliphatic carbocycles. The van der Waals surface area contributed by atoms with Crippen molar-refractivity contribution in [3.8, 4) is 5.75 Å². The van der Waals surface area contributed by atoms with Crippen LogP contribution in [0.15, 0.2) is 83.1 Å². The molecule has 0 fully saturated rings. The Hall–Kier alpha value is -4.46. The Labute approximate surface area is 177 Å². The molecular formula is C23H17N5O3. The maximum Gasteiger partial charge on any atom is 0.269 e. The highest BCUT2D eigenvalue weighted by Gasteiger charge is 2.08. The monoisotopic (exact) mass is 411 g/mol. The first-order valence-electron chi connectivity index (χ1n) is 9.42. The number of amides is 2. The first-order chi connectivity index (χ1) is 15.2. The van der Waals surface area contributed by atoms with Gasteiger partial charge in [-0.3, -0.25) is 9.59 Å². The molecule has 2 heterocycles. The number of nitrogens with zero attached hydrogens (tertiary/aromatic N) is 4. The lowest BCUT2D eigenvalue weighted by atomic mass is 10.1. The second-order valence-corrected chi connectivity index (χ2v) is 6.40. The van der Waals surface area contributed by atoms with Gasteiger partial charge in [0.25, 0.3) is 11.8 Å². The molecule has 4 rings (SSSR count). The largest absolute Gasteiger partial charge is 0.490 e. The van der Waals surface area contributed by atoms with Crippen LogP contribution in [0, 0.1) is 0 Å². The zero-order chi connectivity index (χ0) is 21.5. The summed E-state index contributed by atoms with van der Waals surface area (Å²) < 4.78 is 5.71. The number of hydrogen-bond donors (Lipinski definition) is 1. The first-order valence-corrected chi connectivity index (χ1v) is 9.42. The van der Waals surface area contributed by atoms with Gasteiger partial charge in [0.2, 0.25) is 0 Å².